The first kappa shape index (κ1) is 17.4. The Morgan fingerprint density at radius 1 is 1.16 bits per heavy atom. The fourth-order valence-electron chi connectivity index (χ4n) is 3.13. The maximum Gasteiger partial charge on any atom is 0.308 e. The van der Waals surface area contributed by atoms with Gasteiger partial charge in [-0.2, -0.15) is 0 Å². The Kier molecular flexibility index (Phi) is 5.01. The molecule has 0 bridgehead atoms. The first-order valence-electron chi connectivity index (χ1n) is 8.48. The first-order valence-corrected chi connectivity index (χ1v) is 8.48. The van der Waals surface area contributed by atoms with Crippen LogP contribution in [0.25, 0.3) is 0 Å². The number of aliphatic carboxylic acids is 1. The van der Waals surface area contributed by atoms with Crippen molar-refractivity contribution in [1.29, 1.82) is 0 Å². The molecule has 0 unspecified atom stereocenters. The van der Waals surface area contributed by atoms with Gasteiger partial charge in [-0.3, -0.25) is 14.4 Å². The summed E-state index contributed by atoms with van der Waals surface area (Å²) in [4.78, 5) is 37.6. The van der Waals surface area contributed by atoms with Gasteiger partial charge in [0.2, 0.25) is 11.8 Å². The number of amides is 2. The number of hydrogen-bond donors (Lipinski definition) is 2. The van der Waals surface area contributed by atoms with Crippen LogP contribution in [0.5, 0.6) is 0 Å². The van der Waals surface area contributed by atoms with E-state index in [0.29, 0.717) is 0 Å². The molecule has 1 saturated carbocycles. The lowest BCUT2D eigenvalue weighted by atomic mass is 9.88. The molecule has 0 radical (unpaired) electrons. The number of carbonyl (C=O) groups is 3. The SMILES string of the molecule is O=C(O)[C@H]1C[C@@H](C(=O)NC2CC2)CN(C(=O)Cc2ccccc2F)C1. The van der Waals surface area contributed by atoms with Gasteiger partial charge in [-0.25, -0.2) is 4.39 Å². The molecule has 1 aromatic rings. The average Bonchev–Trinajstić information content (AvgIpc) is 3.40. The summed E-state index contributed by atoms with van der Waals surface area (Å²) in [5.74, 6) is -3.37. The number of benzene rings is 1. The quantitative estimate of drug-likeness (QED) is 0.837. The van der Waals surface area contributed by atoms with Crippen molar-refractivity contribution < 1.29 is 23.9 Å². The highest BCUT2D eigenvalue weighted by Gasteiger charge is 2.38. The maximum atomic E-state index is 13.7. The van der Waals surface area contributed by atoms with Crippen LogP contribution in [0.1, 0.15) is 24.8 Å². The van der Waals surface area contributed by atoms with Gasteiger partial charge in [0, 0.05) is 19.1 Å². The minimum atomic E-state index is -1.02. The third-order valence-corrected chi connectivity index (χ3v) is 4.75. The highest BCUT2D eigenvalue weighted by molar-refractivity contribution is 5.84. The number of nitrogens with zero attached hydrogens (tertiary/aromatic N) is 1. The number of piperidine rings is 1. The number of rotatable bonds is 5. The Morgan fingerprint density at radius 3 is 2.48 bits per heavy atom. The predicted molar refractivity (Wildman–Crippen MR) is 87.1 cm³/mol. The fraction of sp³-hybridized carbons (Fsp3) is 0.500. The van der Waals surface area contributed by atoms with Gasteiger partial charge in [-0.15, -0.1) is 0 Å². The first-order chi connectivity index (χ1) is 11.9. The summed E-state index contributed by atoms with van der Waals surface area (Å²) in [7, 11) is 0. The van der Waals surface area contributed by atoms with Crippen LogP contribution in [0, 0.1) is 17.7 Å². The second-order valence-corrected chi connectivity index (χ2v) is 6.82. The summed E-state index contributed by atoms with van der Waals surface area (Å²) >= 11 is 0. The molecule has 0 spiro atoms. The number of carboxylic acids is 1. The fourth-order valence-corrected chi connectivity index (χ4v) is 3.13. The average molecular weight is 348 g/mol. The smallest absolute Gasteiger partial charge is 0.308 e. The van der Waals surface area contributed by atoms with Crippen molar-refractivity contribution in [1.82, 2.24) is 10.2 Å². The van der Waals surface area contributed by atoms with E-state index >= 15 is 0 Å². The molecule has 25 heavy (non-hydrogen) atoms. The van der Waals surface area contributed by atoms with Crippen molar-refractivity contribution in [3.05, 3.63) is 35.6 Å². The minimum absolute atomic E-state index is 0.0514. The van der Waals surface area contributed by atoms with Crippen molar-refractivity contribution in [2.45, 2.75) is 31.7 Å². The molecule has 0 aromatic heterocycles. The lowest BCUT2D eigenvalue weighted by Gasteiger charge is -2.35. The number of nitrogens with one attached hydrogen (secondary N) is 1. The Bertz CT molecular complexity index is 689. The van der Waals surface area contributed by atoms with Crippen LogP contribution >= 0.6 is 0 Å². The molecule has 134 valence electrons. The molecule has 1 aliphatic heterocycles. The molecule has 2 amide bonds. The standard InChI is InChI=1S/C18H21FN2O4/c19-15-4-2-1-3-11(15)8-16(22)21-9-12(7-13(10-21)18(24)25)17(23)20-14-5-6-14/h1-4,12-14H,5-10H2,(H,20,23)(H,24,25)/t12-,13+/m1/s1. The second kappa shape index (κ2) is 7.21. The molecule has 3 rings (SSSR count). The van der Waals surface area contributed by atoms with Crippen LogP contribution < -0.4 is 5.32 Å². The van der Waals surface area contributed by atoms with E-state index in [1.54, 1.807) is 12.1 Å². The van der Waals surface area contributed by atoms with Crippen LogP contribution in [0.4, 0.5) is 4.39 Å². The van der Waals surface area contributed by atoms with E-state index in [9.17, 15) is 23.9 Å². The van der Waals surface area contributed by atoms with E-state index < -0.39 is 23.6 Å². The third-order valence-electron chi connectivity index (χ3n) is 4.75. The van der Waals surface area contributed by atoms with E-state index in [2.05, 4.69) is 5.32 Å². The number of carbonyl (C=O) groups excluding carboxylic acids is 2. The summed E-state index contributed by atoms with van der Waals surface area (Å²) < 4.78 is 13.7. The van der Waals surface area contributed by atoms with E-state index in [-0.39, 0.29) is 49.4 Å². The van der Waals surface area contributed by atoms with Crippen molar-refractivity contribution >= 4 is 17.8 Å². The number of likely N-dealkylation sites (tertiary alicyclic amines) is 1. The van der Waals surface area contributed by atoms with Crippen LogP contribution in [-0.2, 0) is 20.8 Å². The highest BCUT2D eigenvalue weighted by atomic mass is 19.1. The van der Waals surface area contributed by atoms with Crippen molar-refractivity contribution in [2.75, 3.05) is 13.1 Å². The monoisotopic (exact) mass is 348 g/mol. The summed E-state index contributed by atoms with van der Waals surface area (Å²) in [5.41, 5.74) is 0.268. The Hall–Kier alpha value is -2.44. The van der Waals surface area contributed by atoms with Crippen LogP contribution in [0.2, 0.25) is 0 Å². The second-order valence-electron chi connectivity index (χ2n) is 6.82. The summed E-state index contributed by atoms with van der Waals surface area (Å²) in [5, 5.41) is 12.2. The number of hydrogen-bond acceptors (Lipinski definition) is 3. The highest BCUT2D eigenvalue weighted by Crippen LogP contribution is 2.26. The van der Waals surface area contributed by atoms with Gasteiger partial charge in [-0.05, 0) is 30.9 Å². The molecular formula is C18H21FN2O4. The van der Waals surface area contributed by atoms with Crippen molar-refractivity contribution in [3.8, 4) is 0 Å². The minimum Gasteiger partial charge on any atom is -0.481 e. The van der Waals surface area contributed by atoms with Crippen LogP contribution in [0.15, 0.2) is 24.3 Å². The van der Waals surface area contributed by atoms with E-state index in [1.807, 2.05) is 0 Å². The molecule has 1 aliphatic carbocycles. The van der Waals surface area contributed by atoms with Gasteiger partial charge in [0.15, 0.2) is 0 Å². The molecule has 6 nitrogen and oxygen atoms in total. The van der Waals surface area contributed by atoms with Crippen molar-refractivity contribution in [3.63, 3.8) is 0 Å². The molecule has 2 atom stereocenters. The van der Waals surface area contributed by atoms with Gasteiger partial charge in [-0.1, -0.05) is 18.2 Å². The van der Waals surface area contributed by atoms with Crippen LogP contribution in [-0.4, -0.2) is 46.9 Å². The Labute approximate surface area is 145 Å². The summed E-state index contributed by atoms with van der Waals surface area (Å²) in [6, 6.07) is 6.19. The zero-order valence-electron chi connectivity index (χ0n) is 13.8. The lowest BCUT2D eigenvalue weighted by molar-refractivity contribution is -0.148. The molecule has 7 heteroatoms. The molecule has 1 heterocycles. The predicted octanol–water partition coefficient (Wildman–Crippen LogP) is 1.20. The lowest BCUT2D eigenvalue weighted by Crippen LogP contribution is -2.51. The van der Waals surface area contributed by atoms with Crippen LogP contribution in [0.3, 0.4) is 0 Å². The topological polar surface area (TPSA) is 86.7 Å². The normalized spacial score (nSPS) is 23.2. The van der Waals surface area contributed by atoms with Gasteiger partial charge in [0.1, 0.15) is 5.82 Å². The Balaban J connectivity index is 1.69. The third kappa shape index (κ3) is 4.35. The molecule has 1 aromatic carbocycles. The van der Waals surface area contributed by atoms with E-state index in [0.717, 1.165) is 12.8 Å². The number of carboxylic acid groups (broad SMARTS) is 1. The van der Waals surface area contributed by atoms with Gasteiger partial charge >= 0.3 is 5.97 Å². The number of halogens is 1. The largest absolute Gasteiger partial charge is 0.481 e. The molecule has 2 aliphatic rings. The van der Waals surface area contributed by atoms with E-state index in [4.69, 9.17) is 0 Å². The zero-order valence-corrected chi connectivity index (χ0v) is 13.8. The van der Waals surface area contributed by atoms with Gasteiger partial charge in [0.05, 0.1) is 18.3 Å². The maximum absolute atomic E-state index is 13.7. The molecule has 2 N–H and O–H groups in total. The van der Waals surface area contributed by atoms with Crippen molar-refractivity contribution in [2.24, 2.45) is 11.8 Å². The van der Waals surface area contributed by atoms with Gasteiger partial charge in [0.25, 0.3) is 0 Å². The molecule has 1 saturated heterocycles. The molecular weight excluding hydrogens is 327 g/mol. The zero-order chi connectivity index (χ0) is 18.0. The summed E-state index contributed by atoms with van der Waals surface area (Å²) in [6.45, 7) is 0.228. The van der Waals surface area contributed by atoms with Gasteiger partial charge < -0.3 is 15.3 Å². The Morgan fingerprint density at radius 2 is 1.84 bits per heavy atom. The molecule has 2 fully saturated rings. The van der Waals surface area contributed by atoms with E-state index in [1.165, 1.54) is 17.0 Å². The summed E-state index contributed by atoms with van der Waals surface area (Å²) in [6.07, 6.45) is 1.96.